The average Bonchev–Trinajstić information content (AvgIpc) is 3.49. The molecule has 0 spiro atoms. The Balaban J connectivity index is 1.37. The summed E-state index contributed by atoms with van der Waals surface area (Å²) in [5, 5.41) is 9.70. The number of nitrogens with zero attached hydrogens (tertiary/aromatic N) is 3. The van der Waals surface area contributed by atoms with E-state index in [9.17, 15) is 23.1 Å². The molecule has 6 rings (SSSR count). The van der Waals surface area contributed by atoms with Crippen LogP contribution in [-0.4, -0.2) is 45.5 Å². The summed E-state index contributed by atoms with van der Waals surface area (Å²) in [4.78, 5) is 22.8. The smallest absolute Gasteiger partial charge is 0.354 e. The largest absolute Gasteiger partial charge is 0.477 e. The number of aromatic nitrogens is 2. The second kappa shape index (κ2) is 14.0. The van der Waals surface area contributed by atoms with Gasteiger partial charge in [-0.2, -0.15) is 0 Å². The van der Waals surface area contributed by atoms with E-state index in [1.807, 2.05) is 59.5 Å². The van der Waals surface area contributed by atoms with E-state index < -0.39 is 28.2 Å². The Hall–Kier alpha value is -4.67. The van der Waals surface area contributed by atoms with Gasteiger partial charge in [0.25, 0.3) is 0 Å². The van der Waals surface area contributed by atoms with Gasteiger partial charge in [-0.15, -0.1) is 11.8 Å². The van der Waals surface area contributed by atoms with Gasteiger partial charge in [0, 0.05) is 29.1 Å². The highest BCUT2D eigenvalue weighted by Gasteiger charge is 2.44. The third kappa shape index (κ3) is 6.89. The van der Waals surface area contributed by atoms with Crippen molar-refractivity contribution in [2.45, 2.75) is 36.0 Å². The van der Waals surface area contributed by atoms with Crippen molar-refractivity contribution >= 4 is 23.7 Å². The first kappa shape index (κ1) is 32.3. The number of carboxylic acids is 1. The molecule has 0 saturated carbocycles. The van der Waals surface area contributed by atoms with Gasteiger partial charge in [-0.05, 0) is 42.2 Å². The standard InChI is InChI=1S/C37H32F3N3O3S/c1-24-17-34(35(44)45)42-36(41-24)43-21-30(19-29(43)23-46-22-25-18-32(39)33(40)20-31(25)38)47-37(26-11-5-2-6-12-26,27-13-7-3-8-14-27)28-15-9-4-10-16-28/h2-18,20,29-30H,19,21-23H2,1H3,(H,44,45). The molecule has 240 valence electrons. The van der Waals surface area contributed by atoms with E-state index in [1.165, 1.54) is 6.07 Å². The molecule has 1 N–H and O–H groups in total. The maximum absolute atomic E-state index is 14.4. The van der Waals surface area contributed by atoms with E-state index in [2.05, 4.69) is 46.4 Å². The lowest BCUT2D eigenvalue weighted by atomic mass is 9.84. The number of halogens is 3. The maximum Gasteiger partial charge on any atom is 0.354 e. The minimum Gasteiger partial charge on any atom is -0.477 e. The van der Waals surface area contributed by atoms with Crippen LogP contribution < -0.4 is 4.90 Å². The molecule has 0 bridgehead atoms. The molecular formula is C37H32F3N3O3S. The van der Waals surface area contributed by atoms with Crippen molar-refractivity contribution in [3.05, 3.63) is 160 Å². The van der Waals surface area contributed by atoms with Crippen molar-refractivity contribution in [3.8, 4) is 0 Å². The van der Waals surface area contributed by atoms with E-state index >= 15 is 0 Å². The molecule has 5 aromatic rings. The number of hydrogen-bond acceptors (Lipinski definition) is 6. The van der Waals surface area contributed by atoms with Crippen LogP contribution in [0.1, 0.15) is 44.9 Å². The molecule has 0 amide bonds. The van der Waals surface area contributed by atoms with Crippen LogP contribution >= 0.6 is 11.8 Å². The van der Waals surface area contributed by atoms with Gasteiger partial charge in [0.1, 0.15) is 5.82 Å². The van der Waals surface area contributed by atoms with Gasteiger partial charge in [0.2, 0.25) is 5.95 Å². The number of benzene rings is 4. The molecule has 1 aliphatic rings. The van der Waals surface area contributed by atoms with Crippen LogP contribution in [0.15, 0.2) is 109 Å². The molecule has 6 nitrogen and oxygen atoms in total. The third-order valence-electron chi connectivity index (χ3n) is 8.24. The molecule has 47 heavy (non-hydrogen) atoms. The normalized spacial score (nSPS) is 16.4. The molecule has 1 aliphatic heterocycles. The summed E-state index contributed by atoms with van der Waals surface area (Å²) in [6.45, 7) is 1.99. The maximum atomic E-state index is 14.4. The lowest BCUT2D eigenvalue weighted by Crippen LogP contribution is -2.35. The highest BCUT2D eigenvalue weighted by atomic mass is 32.2. The second-order valence-electron chi connectivity index (χ2n) is 11.4. The minimum absolute atomic E-state index is 0.0263. The van der Waals surface area contributed by atoms with E-state index in [4.69, 9.17) is 4.74 Å². The Morgan fingerprint density at radius 2 is 1.40 bits per heavy atom. The average molecular weight is 656 g/mol. The zero-order chi connectivity index (χ0) is 33.0. The zero-order valence-corrected chi connectivity index (χ0v) is 26.3. The van der Waals surface area contributed by atoms with Gasteiger partial charge < -0.3 is 14.7 Å². The molecule has 1 saturated heterocycles. The Labute approximate surface area is 275 Å². The fourth-order valence-corrected chi connectivity index (χ4v) is 7.97. The summed E-state index contributed by atoms with van der Waals surface area (Å²) < 4.78 is 47.1. The van der Waals surface area contributed by atoms with Gasteiger partial charge in [-0.1, -0.05) is 91.0 Å². The van der Waals surface area contributed by atoms with E-state index in [0.717, 1.165) is 22.8 Å². The van der Waals surface area contributed by atoms with Crippen LogP contribution in [0.5, 0.6) is 0 Å². The van der Waals surface area contributed by atoms with Crippen LogP contribution in [0.25, 0.3) is 0 Å². The number of anilines is 1. The molecule has 2 atom stereocenters. The first-order valence-electron chi connectivity index (χ1n) is 15.2. The number of hydrogen-bond donors (Lipinski definition) is 1. The monoisotopic (exact) mass is 655 g/mol. The summed E-state index contributed by atoms with van der Waals surface area (Å²) in [5.74, 6) is -4.23. The number of ether oxygens (including phenoxy) is 1. The first-order chi connectivity index (χ1) is 22.7. The van der Waals surface area contributed by atoms with Crippen LogP contribution in [0, 0.1) is 24.4 Å². The van der Waals surface area contributed by atoms with Gasteiger partial charge in [0.15, 0.2) is 17.3 Å². The van der Waals surface area contributed by atoms with Crippen molar-refractivity contribution in [3.63, 3.8) is 0 Å². The Morgan fingerprint density at radius 1 is 0.851 bits per heavy atom. The molecule has 1 fully saturated rings. The topological polar surface area (TPSA) is 75.5 Å². The SMILES string of the molecule is Cc1cc(C(=O)O)nc(N2CC(SC(c3ccccc3)(c3ccccc3)c3ccccc3)CC2COCc2cc(F)c(F)cc2F)n1. The van der Waals surface area contributed by atoms with Crippen molar-refractivity contribution in [2.24, 2.45) is 0 Å². The molecular weight excluding hydrogens is 623 g/mol. The van der Waals surface area contributed by atoms with Crippen molar-refractivity contribution in [2.75, 3.05) is 18.1 Å². The quantitative estimate of drug-likeness (QED) is 0.115. The molecule has 2 heterocycles. The van der Waals surface area contributed by atoms with Crippen LogP contribution in [0.3, 0.4) is 0 Å². The second-order valence-corrected chi connectivity index (χ2v) is 12.9. The number of carbonyl (C=O) groups is 1. The number of aromatic carboxylic acids is 1. The third-order valence-corrected chi connectivity index (χ3v) is 9.97. The number of thioether (sulfide) groups is 1. The fraction of sp³-hybridized carbons (Fsp3) is 0.216. The van der Waals surface area contributed by atoms with Crippen LogP contribution in [0.4, 0.5) is 19.1 Å². The predicted octanol–water partition coefficient (Wildman–Crippen LogP) is 7.79. The number of carboxylic acid groups (broad SMARTS) is 1. The summed E-state index contributed by atoms with van der Waals surface area (Å²) in [5.41, 5.74) is 3.57. The highest BCUT2D eigenvalue weighted by molar-refractivity contribution is 8.01. The highest BCUT2D eigenvalue weighted by Crippen LogP contribution is 2.52. The van der Waals surface area contributed by atoms with E-state index in [0.29, 0.717) is 24.7 Å². The molecule has 0 aliphatic carbocycles. The summed E-state index contributed by atoms with van der Waals surface area (Å²) >= 11 is 1.79. The zero-order valence-electron chi connectivity index (χ0n) is 25.5. The Kier molecular flexibility index (Phi) is 9.60. The Morgan fingerprint density at radius 3 is 1.96 bits per heavy atom. The molecule has 4 aromatic carbocycles. The predicted molar refractivity (Wildman–Crippen MR) is 176 cm³/mol. The molecule has 2 unspecified atom stereocenters. The Bertz CT molecular complexity index is 1750. The van der Waals surface area contributed by atoms with Gasteiger partial charge >= 0.3 is 5.97 Å². The van der Waals surface area contributed by atoms with Gasteiger partial charge in [-0.25, -0.2) is 27.9 Å². The van der Waals surface area contributed by atoms with E-state index in [1.54, 1.807) is 18.7 Å². The van der Waals surface area contributed by atoms with Crippen LogP contribution in [-0.2, 0) is 16.1 Å². The number of aryl methyl sites for hydroxylation is 1. The van der Waals surface area contributed by atoms with Crippen molar-refractivity contribution in [1.29, 1.82) is 0 Å². The molecule has 1 aromatic heterocycles. The summed E-state index contributed by atoms with van der Waals surface area (Å²) in [6, 6.07) is 33.3. The van der Waals surface area contributed by atoms with Crippen molar-refractivity contribution < 1.29 is 27.8 Å². The molecule has 10 heteroatoms. The van der Waals surface area contributed by atoms with Crippen LogP contribution in [0.2, 0.25) is 0 Å². The lowest BCUT2D eigenvalue weighted by molar-refractivity contribution is 0.0690. The van der Waals surface area contributed by atoms with E-state index in [-0.39, 0.29) is 41.7 Å². The van der Waals surface area contributed by atoms with Gasteiger partial charge in [-0.3, -0.25) is 0 Å². The summed E-state index contributed by atoms with van der Waals surface area (Å²) in [7, 11) is 0. The summed E-state index contributed by atoms with van der Waals surface area (Å²) in [6.07, 6.45) is 0.596. The van der Waals surface area contributed by atoms with Crippen molar-refractivity contribution in [1.82, 2.24) is 9.97 Å². The number of rotatable bonds is 11. The lowest BCUT2D eigenvalue weighted by Gasteiger charge is -2.37. The minimum atomic E-state index is -1.27. The van der Waals surface area contributed by atoms with Gasteiger partial charge in [0.05, 0.1) is 24.0 Å². The first-order valence-corrected chi connectivity index (χ1v) is 16.0. The fourth-order valence-electron chi connectivity index (χ4n) is 6.10. The molecule has 0 radical (unpaired) electrons.